The molecule has 0 N–H and O–H groups in total. The van der Waals surface area contributed by atoms with Gasteiger partial charge in [0.05, 0.1) is 0 Å². The highest BCUT2D eigenvalue weighted by Crippen LogP contribution is 2.48. The molecule has 1 atom stereocenters. The Morgan fingerprint density at radius 2 is 1.90 bits per heavy atom. The molecule has 0 nitrogen and oxygen atoms in total. The van der Waals surface area contributed by atoms with Gasteiger partial charge in [0.2, 0.25) is 0 Å². The molecule has 2 aromatic carbocycles. The van der Waals surface area contributed by atoms with Gasteiger partial charge in [0.15, 0.2) is 0 Å². The highest BCUT2D eigenvalue weighted by Gasteiger charge is 2.36. The van der Waals surface area contributed by atoms with Crippen molar-refractivity contribution in [3.63, 3.8) is 0 Å². The number of halogens is 1. The van der Waals surface area contributed by atoms with Gasteiger partial charge in [-0.15, -0.1) is 0 Å². The summed E-state index contributed by atoms with van der Waals surface area (Å²) >= 11 is 6.54. The Morgan fingerprint density at radius 3 is 2.75 bits per heavy atom. The summed E-state index contributed by atoms with van der Waals surface area (Å²) < 4.78 is 0. The van der Waals surface area contributed by atoms with Crippen molar-refractivity contribution in [3.05, 3.63) is 64.2 Å². The second-order valence-electron chi connectivity index (χ2n) is 6.08. The van der Waals surface area contributed by atoms with Gasteiger partial charge in [0.1, 0.15) is 0 Å². The summed E-state index contributed by atoms with van der Waals surface area (Å²) in [5.74, 6) is 0. The van der Waals surface area contributed by atoms with Crippen molar-refractivity contribution >= 4 is 28.4 Å². The van der Waals surface area contributed by atoms with Gasteiger partial charge < -0.3 is 0 Å². The van der Waals surface area contributed by atoms with Crippen LogP contribution in [0.15, 0.2) is 48.1 Å². The van der Waals surface area contributed by atoms with Crippen LogP contribution in [0.4, 0.5) is 0 Å². The Labute approximate surface area is 124 Å². The first-order valence-corrected chi connectivity index (χ1v) is 7.68. The first kappa shape index (κ1) is 12.2. The van der Waals surface area contributed by atoms with Gasteiger partial charge in [0, 0.05) is 15.8 Å². The number of fused-ring (bicyclic) bond motifs is 5. The second-order valence-corrected chi connectivity index (χ2v) is 6.49. The lowest BCUT2D eigenvalue weighted by Gasteiger charge is -2.39. The fourth-order valence-electron chi connectivity index (χ4n) is 3.79. The smallest absolute Gasteiger partial charge is 0.0487 e. The van der Waals surface area contributed by atoms with Crippen molar-refractivity contribution in [2.45, 2.75) is 31.6 Å². The Hall–Kier alpha value is -1.53. The summed E-state index contributed by atoms with van der Waals surface area (Å²) in [5, 5.41) is 3.31. The topological polar surface area (TPSA) is 0 Å². The maximum absolute atomic E-state index is 6.54. The van der Waals surface area contributed by atoms with E-state index >= 15 is 0 Å². The van der Waals surface area contributed by atoms with Crippen molar-refractivity contribution in [2.24, 2.45) is 0 Å². The minimum absolute atomic E-state index is 0.135. The van der Waals surface area contributed by atoms with Crippen LogP contribution >= 0.6 is 11.6 Å². The van der Waals surface area contributed by atoms with Crippen molar-refractivity contribution in [3.8, 4) is 0 Å². The second kappa shape index (κ2) is 4.23. The van der Waals surface area contributed by atoms with Crippen molar-refractivity contribution < 1.29 is 0 Å². The van der Waals surface area contributed by atoms with Gasteiger partial charge in [-0.05, 0) is 47.4 Å². The Bertz CT molecular complexity index is 767. The molecule has 1 unspecified atom stereocenters. The standard InChI is InChI=1S/C19H17Cl/c1-19-11-5-4-6-13(19)9-10-15-14-7-2-3-8-16(14)18(20)12-17(15)19/h2-3,6-10,12H,4-5,11H2,1H3. The van der Waals surface area contributed by atoms with E-state index in [1.54, 1.807) is 0 Å². The molecule has 0 heterocycles. The molecule has 0 spiro atoms. The summed E-state index contributed by atoms with van der Waals surface area (Å²) in [5.41, 5.74) is 4.35. The zero-order valence-electron chi connectivity index (χ0n) is 11.6. The van der Waals surface area contributed by atoms with E-state index in [1.807, 2.05) is 0 Å². The maximum atomic E-state index is 6.54. The van der Waals surface area contributed by atoms with Crippen LogP contribution in [0.25, 0.3) is 16.8 Å². The van der Waals surface area contributed by atoms with Crippen molar-refractivity contribution in [2.75, 3.05) is 0 Å². The number of allylic oxidation sites excluding steroid dienone is 3. The molecule has 1 heteroatoms. The quantitative estimate of drug-likeness (QED) is 0.564. The maximum Gasteiger partial charge on any atom is 0.0487 e. The van der Waals surface area contributed by atoms with E-state index in [1.165, 1.54) is 41.3 Å². The van der Waals surface area contributed by atoms with Gasteiger partial charge in [-0.3, -0.25) is 0 Å². The third-order valence-corrected chi connectivity index (χ3v) is 5.25. The average molecular weight is 281 g/mol. The molecular weight excluding hydrogens is 264 g/mol. The summed E-state index contributed by atoms with van der Waals surface area (Å²) in [6.45, 7) is 2.37. The lowest BCUT2D eigenvalue weighted by Crippen LogP contribution is -2.29. The van der Waals surface area contributed by atoms with Crippen molar-refractivity contribution in [1.29, 1.82) is 0 Å². The van der Waals surface area contributed by atoms with Crippen LogP contribution in [-0.4, -0.2) is 0 Å². The minimum Gasteiger partial charge on any atom is -0.0837 e. The summed E-state index contributed by atoms with van der Waals surface area (Å²) in [4.78, 5) is 0. The summed E-state index contributed by atoms with van der Waals surface area (Å²) in [6.07, 6.45) is 10.6. The zero-order chi connectivity index (χ0) is 13.7. The van der Waals surface area contributed by atoms with Crippen LogP contribution in [0.5, 0.6) is 0 Å². The number of rotatable bonds is 0. The Balaban J connectivity index is 2.11. The molecule has 0 aliphatic heterocycles. The van der Waals surface area contributed by atoms with E-state index < -0.39 is 0 Å². The van der Waals surface area contributed by atoms with Gasteiger partial charge in [0.25, 0.3) is 0 Å². The molecule has 2 aliphatic carbocycles. The van der Waals surface area contributed by atoms with E-state index in [2.05, 4.69) is 55.5 Å². The molecule has 0 radical (unpaired) electrons. The first-order chi connectivity index (χ1) is 9.70. The predicted octanol–water partition coefficient (Wildman–Crippen LogP) is 5.89. The number of hydrogen-bond acceptors (Lipinski definition) is 0. The summed E-state index contributed by atoms with van der Waals surface area (Å²) in [6, 6.07) is 10.6. The number of hydrogen-bond donors (Lipinski definition) is 0. The molecular formula is C19H17Cl. The first-order valence-electron chi connectivity index (χ1n) is 7.30. The van der Waals surface area contributed by atoms with E-state index in [9.17, 15) is 0 Å². The van der Waals surface area contributed by atoms with Crippen LogP contribution < -0.4 is 0 Å². The molecule has 2 aliphatic rings. The predicted molar refractivity (Wildman–Crippen MR) is 87.3 cm³/mol. The molecule has 0 aromatic heterocycles. The van der Waals surface area contributed by atoms with Gasteiger partial charge in [-0.1, -0.05) is 61.0 Å². The van der Waals surface area contributed by atoms with Crippen LogP contribution in [-0.2, 0) is 5.41 Å². The lowest BCUT2D eigenvalue weighted by atomic mass is 9.65. The third kappa shape index (κ3) is 1.55. The van der Waals surface area contributed by atoms with Gasteiger partial charge in [-0.25, -0.2) is 0 Å². The fraction of sp³-hybridized carbons (Fsp3) is 0.263. The highest BCUT2D eigenvalue weighted by molar-refractivity contribution is 6.36. The third-order valence-electron chi connectivity index (χ3n) is 4.94. The molecule has 2 aromatic rings. The molecule has 4 rings (SSSR count). The molecule has 100 valence electrons. The van der Waals surface area contributed by atoms with E-state index in [-0.39, 0.29) is 5.41 Å². The summed E-state index contributed by atoms with van der Waals surface area (Å²) in [7, 11) is 0. The van der Waals surface area contributed by atoms with Crippen LogP contribution in [0.1, 0.15) is 37.3 Å². The largest absolute Gasteiger partial charge is 0.0837 e. The van der Waals surface area contributed by atoms with E-state index in [0.717, 1.165) is 10.4 Å². The minimum atomic E-state index is 0.135. The zero-order valence-corrected chi connectivity index (χ0v) is 12.4. The molecule has 0 saturated carbocycles. The van der Waals surface area contributed by atoms with Crippen LogP contribution in [0.2, 0.25) is 5.02 Å². The SMILES string of the molecule is CC12CCCC=C1C=Cc1c2cc(Cl)c2ccccc12. The molecule has 20 heavy (non-hydrogen) atoms. The normalized spacial score (nSPS) is 24.2. The van der Waals surface area contributed by atoms with E-state index in [0.29, 0.717) is 0 Å². The van der Waals surface area contributed by atoms with Crippen LogP contribution in [0.3, 0.4) is 0 Å². The monoisotopic (exact) mass is 280 g/mol. The lowest BCUT2D eigenvalue weighted by molar-refractivity contribution is 0.473. The fourth-order valence-corrected chi connectivity index (χ4v) is 4.06. The molecule has 0 saturated heterocycles. The van der Waals surface area contributed by atoms with Crippen molar-refractivity contribution in [1.82, 2.24) is 0 Å². The highest BCUT2D eigenvalue weighted by atomic mass is 35.5. The van der Waals surface area contributed by atoms with E-state index in [4.69, 9.17) is 11.6 Å². The molecule has 0 fully saturated rings. The van der Waals surface area contributed by atoms with Gasteiger partial charge >= 0.3 is 0 Å². The Kier molecular flexibility index (Phi) is 2.59. The number of benzene rings is 2. The van der Waals surface area contributed by atoms with Gasteiger partial charge in [-0.2, -0.15) is 0 Å². The molecule has 0 amide bonds. The Morgan fingerprint density at radius 1 is 1.10 bits per heavy atom. The molecule has 0 bridgehead atoms. The van der Waals surface area contributed by atoms with Crippen LogP contribution in [0, 0.1) is 0 Å². The average Bonchev–Trinajstić information content (AvgIpc) is 2.48.